The number of halogens is 5. The lowest BCUT2D eigenvalue weighted by Crippen LogP contribution is -2.17. The molecule has 0 aliphatic heterocycles. The summed E-state index contributed by atoms with van der Waals surface area (Å²) in [5, 5.41) is 8.47. The number of alkyl halides is 5. The molecule has 100 valence electrons. The van der Waals surface area contributed by atoms with Gasteiger partial charge in [-0.15, -0.1) is 0 Å². The summed E-state index contributed by atoms with van der Waals surface area (Å²) in [6.45, 7) is 0.992. The minimum Gasteiger partial charge on any atom is -0.481 e. The van der Waals surface area contributed by atoms with E-state index in [1.54, 1.807) is 0 Å². The van der Waals surface area contributed by atoms with E-state index in [0.717, 1.165) is 13.1 Å². The second kappa shape index (κ2) is 4.87. The molecule has 0 fully saturated rings. The van der Waals surface area contributed by atoms with Crippen molar-refractivity contribution in [3.63, 3.8) is 0 Å². The van der Waals surface area contributed by atoms with Gasteiger partial charge in [-0.25, -0.2) is 8.78 Å². The van der Waals surface area contributed by atoms with E-state index >= 15 is 0 Å². The van der Waals surface area contributed by atoms with Crippen molar-refractivity contribution >= 4 is 5.97 Å². The van der Waals surface area contributed by atoms with E-state index in [1.807, 2.05) is 0 Å². The molecular formula is C10H8F5NO2. The van der Waals surface area contributed by atoms with Gasteiger partial charge in [-0.1, -0.05) is 0 Å². The van der Waals surface area contributed by atoms with Gasteiger partial charge in [0.15, 0.2) is 0 Å². The first-order chi connectivity index (χ1) is 8.14. The topological polar surface area (TPSA) is 50.2 Å². The third-order valence-electron chi connectivity index (χ3n) is 2.21. The number of rotatable bonds is 3. The van der Waals surface area contributed by atoms with E-state index in [0.29, 0.717) is 0 Å². The first kappa shape index (κ1) is 14.3. The summed E-state index contributed by atoms with van der Waals surface area (Å²) in [5.74, 6) is -1.53. The molecule has 1 aromatic rings. The number of pyridine rings is 1. The molecule has 3 nitrogen and oxygen atoms in total. The Labute approximate surface area is 98.3 Å². The zero-order valence-corrected chi connectivity index (χ0v) is 9.05. The highest BCUT2D eigenvalue weighted by molar-refractivity contribution is 5.70. The molecule has 18 heavy (non-hydrogen) atoms. The molecule has 0 amide bonds. The number of aryl methyl sites for hydroxylation is 1. The average molecular weight is 269 g/mol. The van der Waals surface area contributed by atoms with Gasteiger partial charge in [-0.05, 0) is 12.5 Å². The molecule has 0 aromatic carbocycles. The second-order valence-corrected chi connectivity index (χ2v) is 3.55. The number of aromatic nitrogens is 1. The summed E-state index contributed by atoms with van der Waals surface area (Å²) < 4.78 is 63.5. The van der Waals surface area contributed by atoms with Crippen LogP contribution in [0.15, 0.2) is 6.20 Å². The Morgan fingerprint density at radius 2 is 2.00 bits per heavy atom. The van der Waals surface area contributed by atoms with Gasteiger partial charge >= 0.3 is 12.1 Å². The minimum atomic E-state index is -4.98. The van der Waals surface area contributed by atoms with Crippen LogP contribution in [0.3, 0.4) is 0 Å². The summed E-state index contributed by atoms with van der Waals surface area (Å²) in [5.41, 5.74) is -4.10. The van der Waals surface area contributed by atoms with Crippen LogP contribution in [0.5, 0.6) is 0 Å². The number of carbonyl (C=O) groups is 1. The Hall–Kier alpha value is -1.73. The molecule has 0 radical (unpaired) electrons. The van der Waals surface area contributed by atoms with Gasteiger partial charge in [0.05, 0.1) is 23.2 Å². The van der Waals surface area contributed by atoms with Crippen LogP contribution in [0.25, 0.3) is 0 Å². The van der Waals surface area contributed by atoms with Gasteiger partial charge in [0.25, 0.3) is 6.43 Å². The molecule has 0 spiro atoms. The van der Waals surface area contributed by atoms with Crippen molar-refractivity contribution in [1.29, 1.82) is 0 Å². The highest BCUT2D eigenvalue weighted by Gasteiger charge is 2.39. The van der Waals surface area contributed by atoms with Crippen LogP contribution >= 0.6 is 0 Å². The van der Waals surface area contributed by atoms with Crippen LogP contribution in [0.4, 0.5) is 22.0 Å². The smallest absolute Gasteiger partial charge is 0.417 e. The maximum absolute atomic E-state index is 12.7. The highest BCUT2D eigenvalue weighted by atomic mass is 19.4. The quantitative estimate of drug-likeness (QED) is 0.858. The third-order valence-corrected chi connectivity index (χ3v) is 2.21. The fraction of sp³-hybridized carbons (Fsp3) is 0.400. The lowest BCUT2D eigenvalue weighted by molar-refractivity contribution is -0.141. The molecule has 0 unspecified atom stereocenters. The van der Waals surface area contributed by atoms with Crippen LogP contribution in [-0.4, -0.2) is 16.1 Å². The summed E-state index contributed by atoms with van der Waals surface area (Å²) >= 11 is 0. The van der Waals surface area contributed by atoms with E-state index in [1.165, 1.54) is 0 Å². The SMILES string of the molecule is Cc1cnc(CC(=O)O)c(C(F)F)c1C(F)(F)F. The molecule has 1 heterocycles. The van der Waals surface area contributed by atoms with Crippen LogP contribution < -0.4 is 0 Å². The largest absolute Gasteiger partial charge is 0.481 e. The first-order valence-electron chi connectivity index (χ1n) is 4.70. The molecule has 0 saturated carbocycles. The number of hydrogen-bond acceptors (Lipinski definition) is 2. The van der Waals surface area contributed by atoms with Gasteiger partial charge in [-0.2, -0.15) is 13.2 Å². The number of hydrogen-bond donors (Lipinski definition) is 1. The Morgan fingerprint density at radius 1 is 1.44 bits per heavy atom. The van der Waals surface area contributed by atoms with Crippen LogP contribution in [0.1, 0.15) is 28.8 Å². The van der Waals surface area contributed by atoms with Crippen molar-refractivity contribution in [3.8, 4) is 0 Å². The van der Waals surface area contributed by atoms with Gasteiger partial charge in [-0.3, -0.25) is 9.78 Å². The predicted molar refractivity (Wildman–Crippen MR) is 50.3 cm³/mol. The molecule has 1 N–H and O–H groups in total. The van der Waals surface area contributed by atoms with E-state index in [-0.39, 0.29) is 0 Å². The Balaban J connectivity index is 3.53. The van der Waals surface area contributed by atoms with Crippen molar-refractivity contribution in [2.24, 2.45) is 0 Å². The lowest BCUT2D eigenvalue weighted by atomic mass is 10.00. The molecular weight excluding hydrogens is 261 g/mol. The van der Waals surface area contributed by atoms with Crippen molar-refractivity contribution in [2.45, 2.75) is 25.9 Å². The summed E-state index contributed by atoms with van der Waals surface area (Å²) in [7, 11) is 0. The van der Waals surface area contributed by atoms with Crippen molar-refractivity contribution in [1.82, 2.24) is 4.98 Å². The Bertz CT molecular complexity index is 470. The van der Waals surface area contributed by atoms with Crippen LogP contribution in [0, 0.1) is 6.92 Å². The number of aliphatic carboxylic acids is 1. The minimum absolute atomic E-state index is 0.466. The molecule has 0 aliphatic rings. The van der Waals surface area contributed by atoms with E-state index in [2.05, 4.69) is 4.98 Å². The highest BCUT2D eigenvalue weighted by Crippen LogP contribution is 2.39. The average Bonchev–Trinajstić information content (AvgIpc) is 2.17. The second-order valence-electron chi connectivity index (χ2n) is 3.55. The van der Waals surface area contributed by atoms with E-state index in [9.17, 15) is 26.7 Å². The van der Waals surface area contributed by atoms with Gasteiger partial charge in [0.2, 0.25) is 0 Å². The van der Waals surface area contributed by atoms with Crippen LogP contribution in [-0.2, 0) is 17.4 Å². The Kier molecular flexibility index (Phi) is 3.88. The summed E-state index contributed by atoms with van der Waals surface area (Å²) in [6.07, 6.45) is -8.66. The van der Waals surface area contributed by atoms with Crippen molar-refractivity contribution in [2.75, 3.05) is 0 Å². The predicted octanol–water partition coefficient (Wildman–Crippen LogP) is 2.97. The normalized spacial score (nSPS) is 11.9. The van der Waals surface area contributed by atoms with Gasteiger partial charge in [0, 0.05) is 6.20 Å². The number of carboxylic acids is 1. The number of carboxylic acid groups (broad SMARTS) is 1. The zero-order valence-electron chi connectivity index (χ0n) is 9.05. The molecule has 0 bridgehead atoms. The lowest BCUT2D eigenvalue weighted by Gasteiger charge is -2.17. The molecule has 0 atom stereocenters. The summed E-state index contributed by atoms with van der Waals surface area (Å²) in [6, 6.07) is 0. The van der Waals surface area contributed by atoms with Gasteiger partial charge in [0.1, 0.15) is 0 Å². The first-order valence-corrected chi connectivity index (χ1v) is 4.70. The number of nitrogens with zero attached hydrogens (tertiary/aromatic N) is 1. The molecule has 0 aliphatic carbocycles. The summed E-state index contributed by atoms with van der Waals surface area (Å²) in [4.78, 5) is 13.8. The fourth-order valence-corrected chi connectivity index (χ4v) is 1.56. The fourth-order valence-electron chi connectivity index (χ4n) is 1.56. The molecule has 1 aromatic heterocycles. The maximum Gasteiger partial charge on any atom is 0.417 e. The molecule has 0 saturated heterocycles. The van der Waals surface area contributed by atoms with E-state index in [4.69, 9.17) is 5.11 Å². The zero-order chi connectivity index (χ0) is 14.1. The Morgan fingerprint density at radius 3 is 2.39 bits per heavy atom. The van der Waals surface area contributed by atoms with E-state index < -0.39 is 47.4 Å². The third kappa shape index (κ3) is 2.93. The van der Waals surface area contributed by atoms with Crippen LogP contribution in [0.2, 0.25) is 0 Å². The van der Waals surface area contributed by atoms with Crippen molar-refractivity contribution < 1.29 is 31.9 Å². The molecule has 1 rings (SSSR count). The van der Waals surface area contributed by atoms with Crippen molar-refractivity contribution in [3.05, 3.63) is 28.6 Å². The monoisotopic (exact) mass is 269 g/mol. The standard InChI is InChI=1S/C10H8F5NO2/c1-4-3-16-5(2-6(17)18)7(9(11)12)8(4)10(13,14)15/h3,9H,2H2,1H3,(H,17,18). The van der Waals surface area contributed by atoms with Gasteiger partial charge < -0.3 is 5.11 Å². The molecule has 8 heteroatoms. The maximum atomic E-state index is 12.7.